The monoisotopic (exact) mass is 274 g/mol. The lowest BCUT2D eigenvalue weighted by Crippen LogP contribution is -2.42. The average molecular weight is 275 g/mol. The molecule has 0 amide bonds. The van der Waals surface area contributed by atoms with Gasteiger partial charge in [-0.2, -0.15) is 0 Å². The highest BCUT2D eigenvalue weighted by Crippen LogP contribution is 2.19. The van der Waals surface area contributed by atoms with Crippen molar-refractivity contribution in [2.75, 3.05) is 6.61 Å². The van der Waals surface area contributed by atoms with E-state index in [1.807, 2.05) is 20.8 Å². The molecule has 0 heterocycles. The topological polar surface area (TPSA) is 47.3 Å². The molecule has 1 unspecified atom stereocenters. The third kappa shape index (κ3) is 4.90. The molecule has 102 valence electrons. The van der Waals surface area contributed by atoms with Crippen molar-refractivity contribution in [2.24, 2.45) is 5.84 Å². The van der Waals surface area contributed by atoms with Gasteiger partial charge in [0.1, 0.15) is 5.82 Å². The fourth-order valence-electron chi connectivity index (χ4n) is 1.49. The number of nitrogens with one attached hydrogen (secondary N) is 1. The van der Waals surface area contributed by atoms with E-state index in [1.54, 1.807) is 12.1 Å². The van der Waals surface area contributed by atoms with Crippen LogP contribution in [0.25, 0.3) is 0 Å². The molecule has 0 saturated carbocycles. The highest BCUT2D eigenvalue weighted by molar-refractivity contribution is 6.30. The zero-order valence-corrected chi connectivity index (χ0v) is 11.7. The first-order valence-electron chi connectivity index (χ1n) is 5.86. The maximum absolute atomic E-state index is 13.7. The molecule has 1 aromatic rings. The number of nitrogens with two attached hydrogens (primary N) is 1. The molecule has 0 spiro atoms. The highest BCUT2D eigenvalue weighted by atomic mass is 35.5. The van der Waals surface area contributed by atoms with E-state index >= 15 is 0 Å². The van der Waals surface area contributed by atoms with Crippen molar-refractivity contribution in [1.29, 1.82) is 0 Å². The second-order valence-electron chi connectivity index (χ2n) is 5.20. The molecule has 18 heavy (non-hydrogen) atoms. The molecule has 0 fully saturated rings. The second-order valence-corrected chi connectivity index (χ2v) is 5.61. The van der Waals surface area contributed by atoms with Crippen molar-refractivity contribution in [2.45, 2.75) is 38.8 Å². The van der Waals surface area contributed by atoms with E-state index < -0.39 is 5.82 Å². The van der Waals surface area contributed by atoms with Crippen LogP contribution in [0.1, 0.15) is 26.3 Å². The first-order chi connectivity index (χ1) is 8.33. The molecule has 0 radical (unpaired) electrons. The predicted octanol–water partition coefficient (Wildman–Crippen LogP) is 2.67. The average Bonchev–Trinajstić information content (AvgIpc) is 2.28. The highest BCUT2D eigenvalue weighted by Gasteiger charge is 2.17. The van der Waals surface area contributed by atoms with E-state index in [4.69, 9.17) is 22.2 Å². The zero-order valence-electron chi connectivity index (χ0n) is 11.0. The summed E-state index contributed by atoms with van der Waals surface area (Å²) >= 11 is 5.73. The van der Waals surface area contributed by atoms with E-state index in [0.29, 0.717) is 18.6 Å². The first kappa shape index (κ1) is 15.4. The van der Waals surface area contributed by atoms with Crippen molar-refractivity contribution in [1.82, 2.24) is 5.43 Å². The molecule has 3 nitrogen and oxygen atoms in total. The molecular formula is C13H20ClFN2O. The standard InChI is InChI=1S/C13H20ClFN2O/c1-13(2,3)18-8-10(17-16)7-9-5-4-6-11(14)12(9)15/h4-6,10,17H,7-8,16H2,1-3H3. The van der Waals surface area contributed by atoms with Crippen molar-refractivity contribution in [3.63, 3.8) is 0 Å². The van der Waals surface area contributed by atoms with Crippen LogP contribution in [-0.2, 0) is 11.2 Å². The van der Waals surface area contributed by atoms with Crippen LogP contribution in [0, 0.1) is 5.82 Å². The first-order valence-corrected chi connectivity index (χ1v) is 6.24. The number of rotatable bonds is 5. The summed E-state index contributed by atoms with van der Waals surface area (Å²) in [6.07, 6.45) is 0.430. The number of hydrazine groups is 1. The van der Waals surface area contributed by atoms with Crippen molar-refractivity contribution >= 4 is 11.6 Å². The third-order valence-corrected chi connectivity index (χ3v) is 2.74. The maximum atomic E-state index is 13.7. The maximum Gasteiger partial charge on any atom is 0.145 e. The van der Waals surface area contributed by atoms with Crippen LogP contribution >= 0.6 is 11.6 Å². The number of benzene rings is 1. The van der Waals surface area contributed by atoms with Crippen LogP contribution in [0.15, 0.2) is 18.2 Å². The minimum atomic E-state index is -0.393. The van der Waals surface area contributed by atoms with E-state index in [0.717, 1.165) is 0 Å². The van der Waals surface area contributed by atoms with E-state index in [9.17, 15) is 4.39 Å². The normalized spacial score (nSPS) is 13.7. The Kier molecular flexibility index (Phi) is 5.53. The lowest BCUT2D eigenvalue weighted by atomic mass is 10.1. The van der Waals surface area contributed by atoms with Gasteiger partial charge in [0.25, 0.3) is 0 Å². The fraction of sp³-hybridized carbons (Fsp3) is 0.538. The number of hydrogen-bond donors (Lipinski definition) is 2. The Balaban J connectivity index is 2.65. The Hall–Kier alpha value is -0.680. The van der Waals surface area contributed by atoms with Gasteiger partial charge in [0.05, 0.1) is 17.2 Å². The molecule has 0 aliphatic rings. The quantitative estimate of drug-likeness (QED) is 0.641. The Bertz CT molecular complexity index is 393. The van der Waals surface area contributed by atoms with Crippen molar-refractivity contribution in [3.8, 4) is 0 Å². The van der Waals surface area contributed by atoms with Crippen LogP contribution in [0.4, 0.5) is 4.39 Å². The SMILES string of the molecule is CC(C)(C)OCC(Cc1cccc(Cl)c1F)NN. The molecule has 0 aliphatic heterocycles. The van der Waals surface area contributed by atoms with Crippen LogP contribution in [0.5, 0.6) is 0 Å². The molecule has 1 rings (SSSR count). The summed E-state index contributed by atoms with van der Waals surface area (Å²) in [4.78, 5) is 0. The van der Waals surface area contributed by atoms with Gasteiger partial charge in [-0.05, 0) is 38.8 Å². The van der Waals surface area contributed by atoms with E-state index in [-0.39, 0.29) is 16.7 Å². The smallest absolute Gasteiger partial charge is 0.145 e. The van der Waals surface area contributed by atoms with Gasteiger partial charge in [0.2, 0.25) is 0 Å². The third-order valence-electron chi connectivity index (χ3n) is 2.45. The lowest BCUT2D eigenvalue weighted by molar-refractivity contribution is -0.0144. The van der Waals surface area contributed by atoms with Gasteiger partial charge < -0.3 is 4.74 Å². The Morgan fingerprint density at radius 3 is 2.67 bits per heavy atom. The van der Waals surface area contributed by atoms with Crippen LogP contribution in [-0.4, -0.2) is 18.2 Å². The summed E-state index contributed by atoms with van der Waals surface area (Å²) in [5.41, 5.74) is 2.92. The second kappa shape index (κ2) is 6.48. The summed E-state index contributed by atoms with van der Waals surface area (Å²) in [5, 5.41) is 0.125. The fourth-order valence-corrected chi connectivity index (χ4v) is 1.68. The van der Waals surface area contributed by atoms with Gasteiger partial charge >= 0.3 is 0 Å². The van der Waals surface area contributed by atoms with Crippen molar-refractivity contribution in [3.05, 3.63) is 34.6 Å². The number of halogens is 2. The molecular weight excluding hydrogens is 255 g/mol. The van der Waals surface area contributed by atoms with Crippen LogP contribution in [0.3, 0.4) is 0 Å². The van der Waals surface area contributed by atoms with Crippen LogP contribution in [0.2, 0.25) is 5.02 Å². The molecule has 1 atom stereocenters. The van der Waals surface area contributed by atoms with Gasteiger partial charge in [0.15, 0.2) is 0 Å². The van der Waals surface area contributed by atoms with Gasteiger partial charge in [0, 0.05) is 6.04 Å². The molecule has 0 aromatic heterocycles. The lowest BCUT2D eigenvalue weighted by Gasteiger charge is -2.24. The van der Waals surface area contributed by atoms with Gasteiger partial charge in [-0.3, -0.25) is 11.3 Å². The van der Waals surface area contributed by atoms with Crippen molar-refractivity contribution < 1.29 is 9.13 Å². The Morgan fingerprint density at radius 2 is 2.11 bits per heavy atom. The molecule has 0 bridgehead atoms. The van der Waals surface area contributed by atoms with E-state index in [2.05, 4.69) is 5.43 Å². The summed E-state index contributed by atoms with van der Waals surface area (Å²) < 4.78 is 19.4. The Morgan fingerprint density at radius 1 is 1.44 bits per heavy atom. The molecule has 0 saturated heterocycles. The summed E-state index contributed by atoms with van der Waals surface area (Å²) in [7, 11) is 0. The largest absolute Gasteiger partial charge is 0.374 e. The van der Waals surface area contributed by atoms with Gasteiger partial charge in [-0.15, -0.1) is 0 Å². The minimum Gasteiger partial charge on any atom is -0.374 e. The molecule has 1 aromatic carbocycles. The summed E-state index contributed by atoms with van der Waals surface area (Å²) in [5.74, 6) is 5.06. The molecule has 3 N–H and O–H groups in total. The predicted molar refractivity (Wildman–Crippen MR) is 71.9 cm³/mol. The Labute approximate surface area is 112 Å². The van der Waals surface area contributed by atoms with Gasteiger partial charge in [-0.1, -0.05) is 23.7 Å². The molecule has 0 aliphatic carbocycles. The van der Waals surface area contributed by atoms with Gasteiger partial charge in [-0.25, -0.2) is 4.39 Å². The zero-order chi connectivity index (χ0) is 13.8. The summed E-state index contributed by atoms with van der Waals surface area (Å²) in [6, 6.07) is 4.79. The summed E-state index contributed by atoms with van der Waals surface area (Å²) in [6.45, 7) is 6.29. The molecule has 5 heteroatoms. The number of hydrogen-bond acceptors (Lipinski definition) is 3. The van der Waals surface area contributed by atoms with E-state index in [1.165, 1.54) is 6.07 Å². The van der Waals surface area contributed by atoms with Crippen LogP contribution < -0.4 is 11.3 Å². The number of ether oxygens (including phenoxy) is 1. The minimum absolute atomic E-state index is 0.125.